The number of hydrogen-bond acceptors (Lipinski definition) is 4. The standard InChI is InChI=1S/C7H10N2O2S/c1-2-4(8)6-9-5(3-12-6)7(10)11/h2,5H,3,8H2,1H3,(H,10,11)/b4-2+/t5-/m1/s1. The fourth-order valence-corrected chi connectivity index (χ4v) is 1.80. The second kappa shape index (κ2) is 3.62. The number of aliphatic carboxylic acids is 1. The van der Waals surface area contributed by atoms with E-state index in [-0.39, 0.29) is 0 Å². The van der Waals surface area contributed by atoms with E-state index in [9.17, 15) is 4.79 Å². The van der Waals surface area contributed by atoms with E-state index in [0.29, 0.717) is 16.5 Å². The van der Waals surface area contributed by atoms with Gasteiger partial charge in [0.1, 0.15) is 5.04 Å². The molecule has 66 valence electrons. The van der Waals surface area contributed by atoms with Crippen LogP contribution in [0, 0.1) is 0 Å². The maximum atomic E-state index is 10.5. The highest BCUT2D eigenvalue weighted by Crippen LogP contribution is 2.20. The highest BCUT2D eigenvalue weighted by molar-refractivity contribution is 8.14. The second-order valence-electron chi connectivity index (χ2n) is 2.34. The van der Waals surface area contributed by atoms with Crippen LogP contribution in [-0.2, 0) is 4.79 Å². The first-order valence-corrected chi connectivity index (χ1v) is 4.49. The van der Waals surface area contributed by atoms with E-state index in [4.69, 9.17) is 10.8 Å². The van der Waals surface area contributed by atoms with E-state index >= 15 is 0 Å². The van der Waals surface area contributed by atoms with Crippen molar-refractivity contribution in [3.63, 3.8) is 0 Å². The molecule has 0 aromatic rings. The number of thioether (sulfide) groups is 1. The predicted molar refractivity (Wildman–Crippen MR) is 49.3 cm³/mol. The van der Waals surface area contributed by atoms with E-state index in [1.807, 2.05) is 0 Å². The average molecular weight is 186 g/mol. The smallest absolute Gasteiger partial charge is 0.329 e. The van der Waals surface area contributed by atoms with E-state index in [1.165, 1.54) is 11.8 Å². The van der Waals surface area contributed by atoms with Gasteiger partial charge < -0.3 is 10.8 Å². The Morgan fingerprint density at radius 2 is 2.58 bits per heavy atom. The number of nitrogens with two attached hydrogens (primary N) is 1. The van der Waals surface area contributed by atoms with Gasteiger partial charge in [0.15, 0.2) is 6.04 Å². The maximum Gasteiger partial charge on any atom is 0.329 e. The van der Waals surface area contributed by atoms with Crippen LogP contribution >= 0.6 is 11.8 Å². The quantitative estimate of drug-likeness (QED) is 0.656. The minimum Gasteiger partial charge on any atom is -0.480 e. The lowest BCUT2D eigenvalue weighted by molar-refractivity contribution is -0.137. The highest BCUT2D eigenvalue weighted by Gasteiger charge is 2.24. The first-order valence-electron chi connectivity index (χ1n) is 3.50. The molecule has 0 aliphatic carbocycles. The van der Waals surface area contributed by atoms with Gasteiger partial charge in [-0.15, -0.1) is 11.8 Å². The van der Waals surface area contributed by atoms with E-state index in [1.54, 1.807) is 13.0 Å². The Morgan fingerprint density at radius 3 is 3.00 bits per heavy atom. The number of allylic oxidation sites excluding steroid dienone is 1. The van der Waals surface area contributed by atoms with Crippen molar-refractivity contribution in [1.82, 2.24) is 0 Å². The Morgan fingerprint density at radius 1 is 1.92 bits per heavy atom. The number of aliphatic imine (C=N–C) groups is 1. The van der Waals surface area contributed by atoms with Crippen molar-refractivity contribution in [2.24, 2.45) is 10.7 Å². The van der Waals surface area contributed by atoms with E-state index in [0.717, 1.165) is 0 Å². The summed E-state index contributed by atoms with van der Waals surface area (Å²) in [5.74, 6) is -0.402. The maximum absolute atomic E-state index is 10.5. The fourth-order valence-electron chi connectivity index (χ4n) is 0.782. The molecule has 1 heterocycles. The minimum atomic E-state index is -0.888. The summed E-state index contributed by atoms with van der Waals surface area (Å²) in [5.41, 5.74) is 6.12. The SMILES string of the molecule is C/C=C(/N)C1=N[C@@H](C(=O)O)CS1. The molecule has 0 unspecified atom stereocenters. The third-order valence-corrected chi connectivity index (χ3v) is 2.59. The summed E-state index contributed by atoms with van der Waals surface area (Å²) in [6.07, 6.45) is 1.72. The largest absolute Gasteiger partial charge is 0.480 e. The van der Waals surface area contributed by atoms with Crippen molar-refractivity contribution in [3.05, 3.63) is 11.8 Å². The van der Waals surface area contributed by atoms with Crippen molar-refractivity contribution < 1.29 is 9.90 Å². The van der Waals surface area contributed by atoms with Crippen molar-refractivity contribution in [2.75, 3.05) is 5.75 Å². The zero-order valence-corrected chi connectivity index (χ0v) is 7.47. The van der Waals surface area contributed by atoms with Gasteiger partial charge in [0.05, 0.1) is 5.70 Å². The molecule has 0 fully saturated rings. The van der Waals surface area contributed by atoms with Gasteiger partial charge in [0.25, 0.3) is 0 Å². The minimum absolute atomic E-state index is 0.485. The molecule has 0 aromatic carbocycles. The molecule has 1 aliphatic rings. The molecule has 12 heavy (non-hydrogen) atoms. The molecule has 0 amide bonds. The number of hydrogen-bond donors (Lipinski definition) is 2. The molecule has 3 N–H and O–H groups in total. The van der Waals surface area contributed by atoms with Crippen LogP contribution in [0.2, 0.25) is 0 Å². The molecule has 0 bridgehead atoms. The molecular formula is C7H10N2O2S. The molecule has 1 aliphatic heterocycles. The first-order chi connectivity index (χ1) is 5.65. The van der Waals surface area contributed by atoms with Gasteiger partial charge in [-0.25, -0.2) is 4.79 Å². The average Bonchev–Trinajstić information content (AvgIpc) is 2.51. The first kappa shape index (κ1) is 9.12. The molecule has 4 nitrogen and oxygen atoms in total. The third kappa shape index (κ3) is 1.79. The summed E-state index contributed by atoms with van der Waals surface area (Å²) in [6, 6.07) is -0.622. The van der Waals surface area contributed by atoms with Crippen LogP contribution in [0.3, 0.4) is 0 Å². The summed E-state index contributed by atoms with van der Waals surface area (Å²) in [5, 5.41) is 9.25. The summed E-state index contributed by atoms with van der Waals surface area (Å²) in [4.78, 5) is 14.4. The van der Waals surface area contributed by atoms with Gasteiger partial charge in [-0.2, -0.15) is 0 Å². The van der Waals surface area contributed by atoms with Crippen LogP contribution in [0.4, 0.5) is 0 Å². The third-order valence-electron chi connectivity index (χ3n) is 1.49. The summed E-state index contributed by atoms with van der Waals surface area (Å²) in [7, 11) is 0. The van der Waals surface area contributed by atoms with Crippen LogP contribution in [0.1, 0.15) is 6.92 Å². The van der Waals surface area contributed by atoms with Crippen molar-refractivity contribution in [3.8, 4) is 0 Å². The zero-order valence-electron chi connectivity index (χ0n) is 6.65. The number of carboxylic acid groups (broad SMARTS) is 1. The fraction of sp³-hybridized carbons (Fsp3) is 0.429. The monoisotopic (exact) mass is 186 g/mol. The van der Waals surface area contributed by atoms with Gasteiger partial charge in [-0.1, -0.05) is 6.08 Å². The lowest BCUT2D eigenvalue weighted by Crippen LogP contribution is -2.17. The van der Waals surface area contributed by atoms with Crippen LogP contribution in [-0.4, -0.2) is 27.9 Å². The Bertz CT molecular complexity index is 260. The lowest BCUT2D eigenvalue weighted by atomic mass is 10.3. The Hall–Kier alpha value is -0.970. The van der Waals surface area contributed by atoms with Gasteiger partial charge >= 0.3 is 5.97 Å². The Kier molecular flexibility index (Phi) is 2.75. The van der Waals surface area contributed by atoms with Gasteiger partial charge in [0, 0.05) is 5.75 Å². The summed E-state index contributed by atoms with van der Waals surface area (Å²) in [6.45, 7) is 1.80. The Labute approximate surface area is 74.5 Å². The highest BCUT2D eigenvalue weighted by atomic mass is 32.2. The van der Waals surface area contributed by atoms with Crippen molar-refractivity contribution in [1.29, 1.82) is 0 Å². The molecule has 5 heteroatoms. The zero-order chi connectivity index (χ0) is 9.14. The number of carbonyl (C=O) groups is 1. The molecule has 0 saturated heterocycles. The Balaban J connectivity index is 2.72. The van der Waals surface area contributed by atoms with Crippen LogP contribution < -0.4 is 5.73 Å². The van der Waals surface area contributed by atoms with Crippen LogP contribution in [0.5, 0.6) is 0 Å². The van der Waals surface area contributed by atoms with E-state index < -0.39 is 12.0 Å². The molecule has 0 radical (unpaired) electrons. The molecule has 0 spiro atoms. The van der Waals surface area contributed by atoms with Gasteiger partial charge in [-0.3, -0.25) is 4.99 Å². The summed E-state index contributed by atoms with van der Waals surface area (Å²) < 4.78 is 0. The van der Waals surface area contributed by atoms with Gasteiger partial charge in [0.2, 0.25) is 0 Å². The molecule has 1 atom stereocenters. The molecule has 1 rings (SSSR count). The van der Waals surface area contributed by atoms with E-state index in [2.05, 4.69) is 4.99 Å². The van der Waals surface area contributed by atoms with Crippen LogP contribution in [0.25, 0.3) is 0 Å². The molecular weight excluding hydrogens is 176 g/mol. The normalized spacial score (nSPS) is 23.9. The summed E-state index contributed by atoms with van der Waals surface area (Å²) >= 11 is 1.39. The molecule has 0 saturated carbocycles. The topological polar surface area (TPSA) is 75.7 Å². The van der Waals surface area contributed by atoms with Crippen molar-refractivity contribution >= 4 is 22.8 Å². The number of nitrogens with zero attached hydrogens (tertiary/aromatic N) is 1. The lowest BCUT2D eigenvalue weighted by Gasteiger charge is -1.95. The molecule has 0 aromatic heterocycles. The van der Waals surface area contributed by atoms with Crippen LogP contribution in [0.15, 0.2) is 16.8 Å². The number of rotatable bonds is 2. The predicted octanol–water partition coefficient (Wildman–Crippen LogP) is 0.447. The van der Waals surface area contributed by atoms with Crippen molar-refractivity contribution in [2.45, 2.75) is 13.0 Å². The van der Waals surface area contributed by atoms with Gasteiger partial charge in [-0.05, 0) is 6.92 Å². The number of carboxylic acids is 1. The second-order valence-corrected chi connectivity index (χ2v) is 3.35.